The summed E-state index contributed by atoms with van der Waals surface area (Å²) in [6.07, 6.45) is 8.14. The van der Waals surface area contributed by atoms with Crippen molar-refractivity contribution in [1.82, 2.24) is 4.90 Å². The van der Waals surface area contributed by atoms with Crippen molar-refractivity contribution in [3.8, 4) is 0 Å². The van der Waals surface area contributed by atoms with Gasteiger partial charge in [-0.2, -0.15) is 0 Å². The Labute approximate surface area is 152 Å². The number of carbonyl (C=O) groups is 2. The highest BCUT2D eigenvalue weighted by atomic mass is 16.2. The molecule has 26 heavy (non-hydrogen) atoms. The van der Waals surface area contributed by atoms with Gasteiger partial charge in [0, 0.05) is 11.8 Å². The van der Waals surface area contributed by atoms with Crippen molar-refractivity contribution >= 4 is 11.8 Å². The van der Waals surface area contributed by atoms with Crippen molar-refractivity contribution in [2.24, 2.45) is 17.3 Å². The monoisotopic (exact) mass is 341 g/mol. The predicted octanol–water partition coefficient (Wildman–Crippen LogP) is 3.70. The summed E-state index contributed by atoms with van der Waals surface area (Å²) in [5, 5.41) is 0. The summed E-state index contributed by atoms with van der Waals surface area (Å²) in [5.74, 6) is -0.309. The minimum Gasteiger partial charge on any atom is -0.277 e. The summed E-state index contributed by atoms with van der Waals surface area (Å²) in [5.41, 5.74) is 1.28. The number of imide groups is 1. The van der Waals surface area contributed by atoms with Crippen molar-refractivity contribution in [3.63, 3.8) is 0 Å². The van der Waals surface area contributed by atoms with Crippen LogP contribution in [-0.4, -0.2) is 16.7 Å². The molecule has 2 aromatic carbocycles. The van der Waals surface area contributed by atoms with E-state index in [-0.39, 0.29) is 29.6 Å². The van der Waals surface area contributed by atoms with Gasteiger partial charge in [-0.25, -0.2) is 0 Å². The molecule has 2 aromatic rings. The Morgan fingerprint density at radius 2 is 1.46 bits per heavy atom. The summed E-state index contributed by atoms with van der Waals surface area (Å²) in [7, 11) is 0. The lowest BCUT2D eigenvalue weighted by molar-refractivity contribution is -0.141. The Kier molecular flexibility index (Phi) is 3.26. The Morgan fingerprint density at radius 1 is 0.846 bits per heavy atom. The molecule has 1 fully saturated rings. The van der Waals surface area contributed by atoms with Crippen LogP contribution in [0.15, 0.2) is 85.0 Å². The lowest BCUT2D eigenvalue weighted by atomic mass is 9.57. The normalized spacial score (nSPS) is 31.5. The average molecular weight is 341 g/mol. The van der Waals surface area contributed by atoms with Crippen molar-refractivity contribution in [1.29, 1.82) is 0 Å². The minimum atomic E-state index is -0.818. The molecule has 1 aliphatic heterocycles. The fourth-order valence-corrected chi connectivity index (χ4v) is 4.77. The van der Waals surface area contributed by atoms with Gasteiger partial charge in [-0.15, -0.1) is 0 Å². The fourth-order valence-electron chi connectivity index (χ4n) is 4.77. The van der Waals surface area contributed by atoms with Crippen LogP contribution in [-0.2, 0) is 16.1 Å². The molecule has 128 valence electrons. The van der Waals surface area contributed by atoms with Gasteiger partial charge in [0.15, 0.2) is 0 Å². The first kappa shape index (κ1) is 15.3. The number of rotatable bonds is 3. The molecule has 0 N–H and O–H groups in total. The van der Waals surface area contributed by atoms with E-state index < -0.39 is 5.41 Å². The highest BCUT2D eigenvalue weighted by Gasteiger charge is 2.63. The van der Waals surface area contributed by atoms with Crippen LogP contribution in [0, 0.1) is 17.3 Å². The second kappa shape index (κ2) is 5.53. The number of likely N-dealkylation sites (tertiary alicyclic amines) is 1. The second-order valence-electron chi connectivity index (χ2n) is 7.36. The van der Waals surface area contributed by atoms with Gasteiger partial charge in [-0.05, 0) is 11.1 Å². The number of benzene rings is 2. The van der Waals surface area contributed by atoms with Crippen LogP contribution in [0.1, 0.15) is 17.0 Å². The molecule has 1 saturated heterocycles. The molecule has 0 aromatic heterocycles. The minimum absolute atomic E-state index is 0.0171. The fraction of sp³-hybridized carbons (Fsp3) is 0.217. The number of amides is 2. The molecule has 4 aliphatic rings. The van der Waals surface area contributed by atoms with Crippen LogP contribution in [0.3, 0.4) is 0 Å². The van der Waals surface area contributed by atoms with Crippen LogP contribution < -0.4 is 0 Å². The Balaban J connectivity index is 1.58. The standard InChI is InChI=1S/C23H19NO2/c25-21-20-19(17-9-5-2-6-10-17)18-11-13-23(20,14-12-18)22(26)24(21)15-16-7-3-1-4-8-16/h1-14,18-20H,15H2/t18?,19-,20-,23?/m0/s1. The maximum atomic E-state index is 13.4. The van der Waals surface area contributed by atoms with E-state index in [1.165, 1.54) is 4.90 Å². The lowest BCUT2D eigenvalue weighted by Gasteiger charge is -2.42. The summed E-state index contributed by atoms with van der Waals surface area (Å²) < 4.78 is 0. The van der Waals surface area contributed by atoms with Gasteiger partial charge < -0.3 is 0 Å². The maximum Gasteiger partial charge on any atom is 0.244 e. The Hall–Kier alpha value is -2.94. The molecule has 1 spiro atoms. The van der Waals surface area contributed by atoms with Gasteiger partial charge in [-0.1, -0.05) is 85.0 Å². The average Bonchev–Trinajstić information content (AvgIpc) is 2.92. The molecule has 2 amide bonds. The van der Waals surface area contributed by atoms with E-state index in [1.807, 2.05) is 60.7 Å². The molecule has 6 rings (SSSR count). The molecule has 3 heteroatoms. The zero-order valence-electron chi connectivity index (χ0n) is 14.3. The van der Waals surface area contributed by atoms with Crippen LogP contribution in [0.4, 0.5) is 0 Å². The molecule has 3 nitrogen and oxygen atoms in total. The molecular formula is C23H19NO2. The molecule has 0 radical (unpaired) electrons. The van der Waals surface area contributed by atoms with Crippen molar-refractivity contribution in [3.05, 3.63) is 96.1 Å². The zero-order chi connectivity index (χ0) is 17.7. The van der Waals surface area contributed by atoms with Crippen molar-refractivity contribution in [2.75, 3.05) is 0 Å². The third kappa shape index (κ3) is 2.00. The zero-order valence-corrected chi connectivity index (χ0v) is 14.3. The second-order valence-corrected chi connectivity index (χ2v) is 7.36. The summed E-state index contributed by atoms with van der Waals surface area (Å²) in [4.78, 5) is 28.1. The number of carbonyl (C=O) groups excluding carboxylic acids is 2. The first-order valence-electron chi connectivity index (χ1n) is 9.04. The SMILES string of the molecule is O=C1[C@@H]2[C@@H](c3ccccc3)C3C=CC2(C=C3)C(=O)N1Cc1ccccc1. The summed E-state index contributed by atoms with van der Waals surface area (Å²) >= 11 is 0. The van der Waals surface area contributed by atoms with Crippen LogP contribution >= 0.6 is 0 Å². The summed E-state index contributed by atoms with van der Waals surface area (Å²) in [6, 6.07) is 19.8. The van der Waals surface area contributed by atoms with E-state index in [2.05, 4.69) is 24.3 Å². The largest absolute Gasteiger partial charge is 0.277 e. The first-order chi connectivity index (χ1) is 12.7. The number of allylic oxidation sites excluding steroid dienone is 2. The van der Waals surface area contributed by atoms with Crippen LogP contribution in [0.25, 0.3) is 0 Å². The lowest BCUT2D eigenvalue weighted by Crippen LogP contribution is -2.42. The van der Waals surface area contributed by atoms with Gasteiger partial charge in [0.25, 0.3) is 0 Å². The van der Waals surface area contributed by atoms with Gasteiger partial charge in [-0.3, -0.25) is 14.5 Å². The first-order valence-corrected chi connectivity index (χ1v) is 9.04. The number of nitrogens with zero attached hydrogens (tertiary/aromatic N) is 1. The topological polar surface area (TPSA) is 37.4 Å². The van der Waals surface area contributed by atoms with Crippen molar-refractivity contribution < 1.29 is 9.59 Å². The van der Waals surface area contributed by atoms with E-state index >= 15 is 0 Å². The molecule has 2 bridgehead atoms. The Morgan fingerprint density at radius 3 is 2.12 bits per heavy atom. The molecule has 3 aliphatic carbocycles. The van der Waals surface area contributed by atoms with Gasteiger partial charge >= 0.3 is 0 Å². The quantitative estimate of drug-likeness (QED) is 0.631. The Bertz CT molecular complexity index is 915. The van der Waals surface area contributed by atoms with E-state index in [1.54, 1.807) is 0 Å². The predicted molar refractivity (Wildman–Crippen MR) is 98.9 cm³/mol. The smallest absolute Gasteiger partial charge is 0.244 e. The number of hydrogen-bond acceptors (Lipinski definition) is 2. The van der Waals surface area contributed by atoms with E-state index in [4.69, 9.17) is 0 Å². The highest BCUT2D eigenvalue weighted by molar-refractivity contribution is 6.10. The molecule has 0 saturated carbocycles. The van der Waals surface area contributed by atoms with E-state index in [9.17, 15) is 9.59 Å². The highest BCUT2D eigenvalue weighted by Crippen LogP contribution is 2.57. The van der Waals surface area contributed by atoms with Crippen LogP contribution in [0.5, 0.6) is 0 Å². The third-order valence-electron chi connectivity index (χ3n) is 5.99. The van der Waals surface area contributed by atoms with Gasteiger partial charge in [0.2, 0.25) is 11.8 Å². The molecular weight excluding hydrogens is 322 g/mol. The number of hydrogen-bond donors (Lipinski definition) is 0. The summed E-state index contributed by atoms with van der Waals surface area (Å²) in [6.45, 7) is 0.338. The van der Waals surface area contributed by atoms with E-state index in [0.29, 0.717) is 6.54 Å². The molecule has 0 unspecified atom stereocenters. The van der Waals surface area contributed by atoms with Crippen LogP contribution in [0.2, 0.25) is 0 Å². The molecule has 1 heterocycles. The molecule has 2 atom stereocenters. The van der Waals surface area contributed by atoms with Crippen molar-refractivity contribution in [2.45, 2.75) is 12.5 Å². The van der Waals surface area contributed by atoms with E-state index in [0.717, 1.165) is 11.1 Å². The van der Waals surface area contributed by atoms with Gasteiger partial charge in [0.1, 0.15) is 0 Å². The van der Waals surface area contributed by atoms with Gasteiger partial charge in [0.05, 0.1) is 17.9 Å². The third-order valence-corrected chi connectivity index (χ3v) is 5.99. The maximum absolute atomic E-state index is 13.4.